The van der Waals surface area contributed by atoms with Crippen LogP contribution in [0.5, 0.6) is 0 Å². The van der Waals surface area contributed by atoms with Crippen LogP contribution in [0.25, 0.3) is 0 Å². The number of β-lactam (4-membered cyclic amide) rings is 1. The van der Waals surface area contributed by atoms with Gasteiger partial charge in [-0.2, -0.15) is 0 Å². The number of hydrogen-bond donors (Lipinski definition) is 2. The van der Waals surface area contributed by atoms with Crippen LogP contribution in [-0.2, 0) is 16.6 Å². The van der Waals surface area contributed by atoms with Gasteiger partial charge < -0.3 is 15.4 Å². The molecule has 3 N–H and O–H groups in total. The van der Waals surface area contributed by atoms with Crippen LogP contribution in [0.2, 0.25) is 0 Å². The highest BCUT2D eigenvalue weighted by atomic mass is 32.2. The molecule has 0 radical (unpaired) electrons. The van der Waals surface area contributed by atoms with E-state index < -0.39 is 12.0 Å². The highest BCUT2D eigenvalue weighted by molar-refractivity contribution is 8.02. The second kappa shape index (κ2) is 5.78. The van der Waals surface area contributed by atoms with Crippen LogP contribution >= 0.6 is 23.5 Å². The summed E-state index contributed by atoms with van der Waals surface area (Å²) in [5, 5.41) is 19.2. The third-order valence-corrected chi connectivity index (χ3v) is 5.53. The van der Waals surface area contributed by atoms with Gasteiger partial charge in [0.25, 0.3) is 0 Å². The van der Waals surface area contributed by atoms with Crippen LogP contribution in [0.3, 0.4) is 0 Å². The Kier molecular flexibility index (Phi) is 3.98. The van der Waals surface area contributed by atoms with Gasteiger partial charge in [0.05, 0.1) is 0 Å². The maximum Gasteiger partial charge on any atom is 0.352 e. The summed E-state index contributed by atoms with van der Waals surface area (Å²) in [6, 6.07) is -0.613. The van der Waals surface area contributed by atoms with Gasteiger partial charge in [0.2, 0.25) is 5.91 Å². The van der Waals surface area contributed by atoms with Gasteiger partial charge >= 0.3 is 5.97 Å². The molecule has 2 aliphatic heterocycles. The fourth-order valence-corrected chi connectivity index (χ4v) is 4.15. The molecule has 1 amide bonds. The molecule has 0 aromatic carbocycles. The molecular weight excluding hydrogens is 326 g/mol. The third-order valence-electron chi connectivity index (χ3n) is 3.35. The first kappa shape index (κ1) is 15.1. The molecule has 116 valence electrons. The summed E-state index contributed by atoms with van der Waals surface area (Å²) >= 11 is 2.80. The fraction of sp³-hybridized carbons (Fsp3) is 0.333. The molecule has 1 fully saturated rings. The average Bonchev–Trinajstić information content (AvgIpc) is 2.91. The van der Waals surface area contributed by atoms with Gasteiger partial charge in [-0.3, -0.25) is 9.69 Å². The molecule has 2 aliphatic rings. The van der Waals surface area contributed by atoms with E-state index in [0.717, 1.165) is 0 Å². The minimum Gasteiger partial charge on any atom is -0.477 e. The van der Waals surface area contributed by atoms with Crippen molar-refractivity contribution in [1.29, 1.82) is 0 Å². The highest BCUT2D eigenvalue weighted by Gasteiger charge is 2.51. The zero-order valence-corrected chi connectivity index (χ0v) is 13.2. The largest absolute Gasteiger partial charge is 0.477 e. The Balaban J connectivity index is 1.82. The summed E-state index contributed by atoms with van der Waals surface area (Å²) in [6.07, 6.45) is 3.28. The lowest BCUT2D eigenvalue weighted by Gasteiger charge is -2.47. The van der Waals surface area contributed by atoms with Crippen LogP contribution in [0, 0.1) is 0 Å². The van der Waals surface area contributed by atoms with Crippen molar-refractivity contribution in [3.63, 3.8) is 0 Å². The number of thioether (sulfide) groups is 2. The molecule has 0 spiro atoms. The minimum absolute atomic E-state index is 0.0188. The molecule has 1 aromatic heterocycles. The first-order chi connectivity index (χ1) is 10.5. The van der Waals surface area contributed by atoms with E-state index in [1.807, 2.05) is 7.05 Å². The number of amides is 1. The molecule has 0 saturated carbocycles. The van der Waals surface area contributed by atoms with E-state index in [2.05, 4.69) is 10.2 Å². The number of allylic oxidation sites excluding steroid dienone is 1. The Bertz CT molecular complexity index is 699. The second-order valence-electron chi connectivity index (χ2n) is 4.76. The maximum atomic E-state index is 11.8. The normalized spacial score (nSPS) is 24.6. The Morgan fingerprint density at radius 2 is 2.41 bits per heavy atom. The lowest BCUT2D eigenvalue weighted by atomic mass is 10.0. The Morgan fingerprint density at radius 1 is 1.64 bits per heavy atom. The number of nitrogens with two attached hydrogens (primary N) is 1. The van der Waals surface area contributed by atoms with E-state index in [1.165, 1.54) is 28.4 Å². The minimum atomic E-state index is -1.12. The summed E-state index contributed by atoms with van der Waals surface area (Å²) in [6.45, 7) is 0. The van der Waals surface area contributed by atoms with Gasteiger partial charge in [-0.25, -0.2) is 4.79 Å². The van der Waals surface area contributed by atoms with Crippen molar-refractivity contribution in [2.45, 2.75) is 16.6 Å². The molecule has 8 nitrogen and oxygen atoms in total. The van der Waals surface area contributed by atoms with Gasteiger partial charge in [0.1, 0.15) is 23.4 Å². The highest BCUT2D eigenvalue weighted by Crippen LogP contribution is 2.39. The van der Waals surface area contributed by atoms with E-state index in [1.54, 1.807) is 22.4 Å². The third kappa shape index (κ3) is 2.42. The van der Waals surface area contributed by atoms with Crippen LogP contribution in [0.4, 0.5) is 0 Å². The number of carboxylic acid groups (broad SMARTS) is 1. The molecule has 22 heavy (non-hydrogen) atoms. The van der Waals surface area contributed by atoms with Gasteiger partial charge in [-0.05, 0) is 17.1 Å². The quantitative estimate of drug-likeness (QED) is 0.582. The van der Waals surface area contributed by atoms with Crippen molar-refractivity contribution in [2.75, 3.05) is 5.75 Å². The zero-order valence-electron chi connectivity index (χ0n) is 11.5. The number of carboxylic acids is 1. The van der Waals surface area contributed by atoms with E-state index in [-0.39, 0.29) is 17.0 Å². The van der Waals surface area contributed by atoms with Crippen LogP contribution in [0.15, 0.2) is 34.2 Å². The number of hydrogen-bond acceptors (Lipinski definition) is 7. The summed E-state index contributed by atoms with van der Waals surface area (Å²) < 4.78 is 1.76. The number of nitrogens with zero attached hydrogens (tertiary/aromatic N) is 4. The van der Waals surface area contributed by atoms with Crippen molar-refractivity contribution in [3.8, 4) is 0 Å². The van der Waals surface area contributed by atoms with Crippen molar-refractivity contribution >= 4 is 35.4 Å². The number of fused-ring (bicyclic) bond motifs is 1. The Morgan fingerprint density at radius 3 is 3.05 bits per heavy atom. The average molecular weight is 339 g/mol. The monoisotopic (exact) mass is 339 g/mol. The number of carbonyl (C=O) groups excluding carboxylic acids is 1. The summed E-state index contributed by atoms with van der Waals surface area (Å²) in [4.78, 5) is 24.6. The predicted molar refractivity (Wildman–Crippen MR) is 81.7 cm³/mol. The van der Waals surface area contributed by atoms with E-state index in [9.17, 15) is 14.7 Å². The number of rotatable bonds is 4. The zero-order chi connectivity index (χ0) is 15.9. The second-order valence-corrected chi connectivity index (χ2v) is 6.74. The standard InChI is InChI=1S/C12H13N5O3S2/c1-16-5-14-15-12(16)21-3-2-6-4-22-10-7(13)9(18)17(10)8(6)11(19)20/h2-3,5,7,10H,4,13H2,1H3,(H,19,20)/t7-,10-/m1/s1. The number of aromatic nitrogens is 3. The molecular formula is C12H13N5O3S2. The summed E-state index contributed by atoms with van der Waals surface area (Å²) in [7, 11) is 1.82. The molecule has 3 heterocycles. The molecule has 0 unspecified atom stereocenters. The summed E-state index contributed by atoms with van der Waals surface area (Å²) in [5.74, 6) is -0.963. The molecule has 10 heteroatoms. The van der Waals surface area contributed by atoms with E-state index in [0.29, 0.717) is 16.5 Å². The Hall–Kier alpha value is -1.78. The van der Waals surface area contributed by atoms with Crippen molar-refractivity contribution in [2.24, 2.45) is 12.8 Å². The first-order valence-electron chi connectivity index (χ1n) is 6.34. The SMILES string of the molecule is Cn1cnnc1SC=CC1=C(C(=O)O)N2C(=O)[C@@H](N)[C@H]2SC1. The smallest absolute Gasteiger partial charge is 0.352 e. The number of carbonyl (C=O) groups is 2. The van der Waals surface area contributed by atoms with Gasteiger partial charge in [0, 0.05) is 12.8 Å². The molecule has 2 atom stereocenters. The van der Waals surface area contributed by atoms with Gasteiger partial charge in [0.15, 0.2) is 5.16 Å². The van der Waals surface area contributed by atoms with Crippen LogP contribution in [0.1, 0.15) is 0 Å². The molecule has 0 aliphatic carbocycles. The molecule has 1 aromatic rings. The molecule has 3 rings (SSSR count). The lowest BCUT2D eigenvalue weighted by molar-refractivity contribution is -0.147. The fourth-order valence-electron chi connectivity index (χ4n) is 2.22. The predicted octanol–water partition coefficient (Wildman–Crippen LogP) is 0.00200. The topological polar surface area (TPSA) is 114 Å². The summed E-state index contributed by atoms with van der Waals surface area (Å²) in [5.41, 5.74) is 6.30. The maximum absolute atomic E-state index is 11.8. The van der Waals surface area contributed by atoms with Gasteiger partial charge in [-0.1, -0.05) is 11.8 Å². The van der Waals surface area contributed by atoms with Crippen molar-refractivity contribution in [3.05, 3.63) is 29.1 Å². The first-order valence-corrected chi connectivity index (χ1v) is 8.27. The van der Waals surface area contributed by atoms with Crippen molar-refractivity contribution in [1.82, 2.24) is 19.7 Å². The molecule has 1 saturated heterocycles. The van der Waals surface area contributed by atoms with Crippen LogP contribution < -0.4 is 5.73 Å². The number of aliphatic carboxylic acids is 1. The molecule has 0 bridgehead atoms. The van der Waals surface area contributed by atoms with Gasteiger partial charge in [-0.15, -0.1) is 22.0 Å². The van der Waals surface area contributed by atoms with E-state index >= 15 is 0 Å². The lowest BCUT2D eigenvalue weighted by Crippen LogP contribution is -2.68. The van der Waals surface area contributed by atoms with E-state index in [4.69, 9.17) is 5.73 Å². The Labute approximate surface area is 134 Å². The number of aryl methyl sites for hydroxylation is 1. The van der Waals surface area contributed by atoms with Crippen molar-refractivity contribution < 1.29 is 14.7 Å². The van der Waals surface area contributed by atoms with Crippen LogP contribution in [-0.4, -0.2) is 53.8 Å².